The van der Waals surface area contributed by atoms with Gasteiger partial charge in [0.15, 0.2) is 5.13 Å². The Kier molecular flexibility index (Phi) is 4.90. The molecule has 32 heavy (non-hydrogen) atoms. The molecule has 1 fully saturated rings. The van der Waals surface area contributed by atoms with Crippen LogP contribution in [0.25, 0.3) is 21.6 Å². The average molecular weight is 452 g/mol. The van der Waals surface area contributed by atoms with Crippen molar-refractivity contribution in [2.24, 2.45) is 0 Å². The van der Waals surface area contributed by atoms with E-state index >= 15 is 0 Å². The molecule has 5 rings (SSSR count). The standard InChI is InChI=1S/C24H29N5O2S/c1-23(2)10-16(11-24(3,4)28-23)29(5)22-26-18-13-31-19-8-14(6-7-17(19)21(18)32-22)15-9-20(30)27-25-12-15/h6-9,12,16,28H,10-11,13H2,1-5H3,(H,27,30). The summed E-state index contributed by atoms with van der Waals surface area (Å²) in [7, 11) is 2.16. The molecule has 4 heterocycles. The molecular weight excluding hydrogens is 422 g/mol. The first-order valence-electron chi connectivity index (χ1n) is 10.9. The summed E-state index contributed by atoms with van der Waals surface area (Å²) in [6.07, 6.45) is 3.79. The first-order valence-corrected chi connectivity index (χ1v) is 11.8. The van der Waals surface area contributed by atoms with Crippen LogP contribution in [0.4, 0.5) is 5.13 Å². The zero-order valence-corrected chi connectivity index (χ0v) is 20.0. The molecule has 8 heteroatoms. The molecule has 0 unspecified atom stereocenters. The molecule has 0 aliphatic carbocycles. The monoisotopic (exact) mass is 451 g/mol. The molecule has 2 aromatic heterocycles. The largest absolute Gasteiger partial charge is 0.487 e. The Labute approximate surface area is 191 Å². The first kappa shape index (κ1) is 21.2. The normalized spacial score (nSPS) is 19.0. The van der Waals surface area contributed by atoms with Crippen LogP contribution in [-0.4, -0.2) is 39.3 Å². The fraction of sp³-hybridized carbons (Fsp3) is 0.458. The number of ether oxygens (including phenoxy) is 1. The van der Waals surface area contributed by atoms with Gasteiger partial charge < -0.3 is 15.0 Å². The van der Waals surface area contributed by atoms with Crippen molar-refractivity contribution in [1.29, 1.82) is 0 Å². The molecule has 3 aromatic rings. The highest BCUT2D eigenvalue weighted by atomic mass is 32.1. The van der Waals surface area contributed by atoms with E-state index in [0.717, 1.165) is 51.0 Å². The van der Waals surface area contributed by atoms with Crippen LogP contribution in [0.1, 0.15) is 46.2 Å². The van der Waals surface area contributed by atoms with E-state index in [4.69, 9.17) is 9.72 Å². The highest BCUT2D eigenvalue weighted by molar-refractivity contribution is 7.19. The van der Waals surface area contributed by atoms with Gasteiger partial charge in [-0.1, -0.05) is 17.4 Å². The van der Waals surface area contributed by atoms with Gasteiger partial charge in [-0.3, -0.25) is 4.79 Å². The Morgan fingerprint density at radius 1 is 1.12 bits per heavy atom. The highest BCUT2D eigenvalue weighted by Gasteiger charge is 2.40. The van der Waals surface area contributed by atoms with Crippen LogP contribution in [-0.2, 0) is 6.61 Å². The molecule has 7 nitrogen and oxygen atoms in total. The second kappa shape index (κ2) is 7.42. The number of rotatable bonds is 3. The Morgan fingerprint density at radius 3 is 2.59 bits per heavy atom. The number of H-pyrrole nitrogens is 1. The third kappa shape index (κ3) is 3.93. The predicted molar refractivity (Wildman–Crippen MR) is 128 cm³/mol. The summed E-state index contributed by atoms with van der Waals surface area (Å²) in [6.45, 7) is 9.56. The number of nitrogens with one attached hydrogen (secondary N) is 2. The zero-order chi connectivity index (χ0) is 22.7. The lowest BCUT2D eigenvalue weighted by molar-refractivity contribution is 0.161. The summed E-state index contributed by atoms with van der Waals surface area (Å²) >= 11 is 1.73. The summed E-state index contributed by atoms with van der Waals surface area (Å²) in [6, 6.07) is 8.01. The maximum atomic E-state index is 11.6. The van der Waals surface area contributed by atoms with Gasteiger partial charge >= 0.3 is 0 Å². The van der Waals surface area contributed by atoms with Gasteiger partial charge in [0.1, 0.15) is 12.4 Å². The maximum absolute atomic E-state index is 11.6. The van der Waals surface area contributed by atoms with Gasteiger partial charge in [0, 0.05) is 41.4 Å². The molecule has 0 atom stereocenters. The Hall–Kier alpha value is -2.71. The minimum atomic E-state index is -0.220. The molecule has 168 valence electrons. The maximum Gasteiger partial charge on any atom is 0.264 e. The van der Waals surface area contributed by atoms with Crippen molar-refractivity contribution < 1.29 is 4.74 Å². The lowest BCUT2D eigenvalue weighted by atomic mass is 9.79. The van der Waals surface area contributed by atoms with Crippen LogP contribution < -0.4 is 20.5 Å². The van der Waals surface area contributed by atoms with Crippen LogP contribution in [0.5, 0.6) is 5.75 Å². The molecular formula is C24H29N5O2S. The quantitative estimate of drug-likeness (QED) is 0.621. The van der Waals surface area contributed by atoms with Gasteiger partial charge in [0.05, 0.1) is 16.8 Å². The second-order valence-electron chi connectivity index (χ2n) is 10.2. The van der Waals surface area contributed by atoms with Crippen molar-refractivity contribution in [2.45, 2.75) is 64.3 Å². The summed E-state index contributed by atoms with van der Waals surface area (Å²) in [5, 5.41) is 11.1. The Morgan fingerprint density at radius 2 is 1.88 bits per heavy atom. The molecule has 2 N–H and O–H groups in total. The third-order valence-electron chi connectivity index (χ3n) is 6.29. The summed E-state index contributed by atoms with van der Waals surface area (Å²) in [4.78, 5) is 20.1. The van der Waals surface area contributed by atoms with E-state index in [-0.39, 0.29) is 16.6 Å². The van der Waals surface area contributed by atoms with Crippen LogP contribution >= 0.6 is 11.3 Å². The van der Waals surface area contributed by atoms with Gasteiger partial charge in [-0.25, -0.2) is 10.1 Å². The minimum Gasteiger partial charge on any atom is -0.487 e. The van der Waals surface area contributed by atoms with E-state index in [1.165, 1.54) is 0 Å². The van der Waals surface area contributed by atoms with Gasteiger partial charge in [-0.2, -0.15) is 5.10 Å². The fourth-order valence-electron chi connectivity index (χ4n) is 5.19. The minimum absolute atomic E-state index is 0.0810. The molecule has 1 saturated heterocycles. The van der Waals surface area contributed by atoms with Gasteiger partial charge in [0.2, 0.25) is 0 Å². The third-order valence-corrected chi connectivity index (χ3v) is 7.51. The van der Waals surface area contributed by atoms with Gasteiger partial charge in [-0.15, -0.1) is 0 Å². The molecule has 0 bridgehead atoms. The molecule has 2 aliphatic heterocycles. The molecule has 0 radical (unpaired) electrons. The van der Waals surface area contributed by atoms with Crippen molar-refractivity contribution in [2.75, 3.05) is 11.9 Å². The van der Waals surface area contributed by atoms with Crippen LogP contribution in [0, 0.1) is 0 Å². The molecule has 0 amide bonds. The molecule has 1 aromatic carbocycles. The van der Waals surface area contributed by atoms with Crippen LogP contribution in [0.3, 0.4) is 0 Å². The topological polar surface area (TPSA) is 83.1 Å². The number of hydrogen-bond acceptors (Lipinski definition) is 7. The predicted octanol–water partition coefficient (Wildman–Crippen LogP) is 4.20. The van der Waals surface area contributed by atoms with E-state index in [1.807, 2.05) is 12.1 Å². The highest BCUT2D eigenvalue weighted by Crippen LogP contribution is 2.45. The number of hydrogen-bond donors (Lipinski definition) is 2. The van der Waals surface area contributed by atoms with Crippen molar-refractivity contribution in [3.63, 3.8) is 0 Å². The number of fused-ring (bicyclic) bond motifs is 3. The number of aromatic nitrogens is 3. The van der Waals surface area contributed by atoms with E-state index in [0.29, 0.717) is 12.6 Å². The smallest absolute Gasteiger partial charge is 0.264 e. The zero-order valence-electron chi connectivity index (χ0n) is 19.2. The molecule has 2 aliphatic rings. The lowest BCUT2D eigenvalue weighted by Crippen LogP contribution is -2.61. The van der Waals surface area contributed by atoms with Crippen molar-refractivity contribution >= 4 is 16.5 Å². The number of piperidine rings is 1. The molecule has 0 saturated carbocycles. The number of nitrogens with zero attached hydrogens (tertiary/aromatic N) is 3. The van der Waals surface area contributed by atoms with Crippen molar-refractivity contribution in [3.05, 3.63) is 46.5 Å². The molecule has 0 spiro atoms. The number of anilines is 1. The van der Waals surface area contributed by atoms with Crippen LogP contribution in [0.15, 0.2) is 35.3 Å². The second-order valence-corrected chi connectivity index (χ2v) is 11.1. The lowest BCUT2D eigenvalue weighted by Gasteiger charge is -2.48. The summed E-state index contributed by atoms with van der Waals surface area (Å²) in [5.41, 5.74) is 3.66. The van der Waals surface area contributed by atoms with E-state index in [2.05, 4.69) is 61.2 Å². The van der Waals surface area contributed by atoms with Gasteiger partial charge in [-0.05, 0) is 58.2 Å². The number of aromatic amines is 1. The number of thiazole rings is 1. The van der Waals surface area contributed by atoms with E-state index in [9.17, 15) is 4.79 Å². The number of benzene rings is 1. The summed E-state index contributed by atoms with van der Waals surface area (Å²) < 4.78 is 6.06. The van der Waals surface area contributed by atoms with Crippen LogP contribution in [0.2, 0.25) is 0 Å². The van der Waals surface area contributed by atoms with Crippen molar-refractivity contribution in [1.82, 2.24) is 20.5 Å². The van der Waals surface area contributed by atoms with Gasteiger partial charge in [0.25, 0.3) is 5.56 Å². The fourth-order valence-corrected chi connectivity index (χ4v) is 6.32. The Balaban J connectivity index is 1.45. The van der Waals surface area contributed by atoms with E-state index < -0.39 is 0 Å². The Bertz CT molecular complexity index is 1210. The van der Waals surface area contributed by atoms with Crippen molar-refractivity contribution in [3.8, 4) is 27.3 Å². The van der Waals surface area contributed by atoms with E-state index in [1.54, 1.807) is 23.6 Å². The SMILES string of the molecule is CN(c1nc2c(s1)-c1ccc(-c3cn[nH]c(=O)c3)cc1OC2)C1CC(C)(C)NC(C)(C)C1. The average Bonchev–Trinajstić information content (AvgIpc) is 3.15. The summed E-state index contributed by atoms with van der Waals surface area (Å²) in [5.74, 6) is 0.817. The first-order chi connectivity index (χ1) is 15.1.